The van der Waals surface area contributed by atoms with Crippen LogP contribution >= 0.6 is 0 Å². The molecule has 0 aliphatic rings. The molecule has 9 nitrogen and oxygen atoms in total. The summed E-state index contributed by atoms with van der Waals surface area (Å²) in [6, 6.07) is 19.3. The standard InChI is InChI=1S/C30H39N5O4/c1-30(2,19-34(3)4)20-35(29(37)32-23-15-16-26(38-5)27(17-23)39-6)18-21-11-13-22(14-12-21)28(36)33-25-10-8-7-9-24(25)31/h7-17H,18-20,31H2,1-6H3,(H,32,37)(H,33,36). The number of urea groups is 1. The first kappa shape index (κ1) is 29.3. The lowest BCUT2D eigenvalue weighted by Crippen LogP contribution is -2.44. The predicted octanol–water partition coefficient (Wildman–Crippen LogP) is 5.16. The van der Waals surface area contributed by atoms with E-state index in [0.717, 1.165) is 12.1 Å². The highest BCUT2D eigenvalue weighted by Gasteiger charge is 2.26. The SMILES string of the molecule is COc1ccc(NC(=O)N(Cc2ccc(C(=O)Nc3ccccc3N)cc2)CC(C)(C)CN(C)C)cc1OC. The zero-order valence-electron chi connectivity index (χ0n) is 23.6. The number of hydrogen-bond donors (Lipinski definition) is 3. The van der Waals surface area contributed by atoms with Gasteiger partial charge in [-0.2, -0.15) is 0 Å². The van der Waals surface area contributed by atoms with Crippen molar-refractivity contribution in [3.8, 4) is 11.5 Å². The first-order valence-corrected chi connectivity index (χ1v) is 12.7. The Morgan fingerprint density at radius 3 is 2.15 bits per heavy atom. The number of nitrogens with zero attached hydrogens (tertiary/aromatic N) is 2. The van der Waals surface area contributed by atoms with Crippen LogP contribution in [0.4, 0.5) is 21.9 Å². The van der Waals surface area contributed by atoms with Crippen molar-refractivity contribution in [3.63, 3.8) is 0 Å². The summed E-state index contributed by atoms with van der Waals surface area (Å²) >= 11 is 0. The number of ether oxygens (including phenoxy) is 2. The average Bonchev–Trinajstić information content (AvgIpc) is 2.89. The second-order valence-corrected chi connectivity index (χ2v) is 10.5. The van der Waals surface area contributed by atoms with E-state index in [4.69, 9.17) is 15.2 Å². The third-order valence-corrected chi connectivity index (χ3v) is 6.08. The molecule has 0 radical (unpaired) electrons. The Bertz CT molecular complexity index is 1270. The van der Waals surface area contributed by atoms with Gasteiger partial charge < -0.3 is 35.6 Å². The number of carbonyl (C=O) groups is 2. The lowest BCUT2D eigenvalue weighted by atomic mass is 9.92. The molecule has 0 atom stereocenters. The van der Waals surface area contributed by atoms with Gasteiger partial charge in [-0.3, -0.25) is 4.79 Å². The summed E-state index contributed by atoms with van der Waals surface area (Å²) in [6.45, 7) is 5.94. The minimum Gasteiger partial charge on any atom is -0.493 e. The number of nitrogen functional groups attached to an aromatic ring is 1. The quantitative estimate of drug-likeness (QED) is 0.294. The molecule has 3 aromatic rings. The van der Waals surface area contributed by atoms with Crippen LogP contribution in [0.25, 0.3) is 0 Å². The van der Waals surface area contributed by atoms with Gasteiger partial charge in [0.15, 0.2) is 11.5 Å². The molecule has 0 heterocycles. The molecular weight excluding hydrogens is 494 g/mol. The topological polar surface area (TPSA) is 109 Å². The molecule has 0 aliphatic heterocycles. The first-order chi connectivity index (χ1) is 18.5. The van der Waals surface area contributed by atoms with E-state index in [-0.39, 0.29) is 17.4 Å². The largest absolute Gasteiger partial charge is 0.493 e. The molecule has 4 N–H and O–H groups in total. The number of nitrogens with one attached hydrogen (secondary N) is 2. The van der Waals surface area contributed by atoms with E-state index in [0.29, 0.717) is 47.2 Å². The molecule has 0 saturated heterocycles. The van der Waals surface area contributed by atoms with Gasteiger partial charge in [-0.05, 0) is 61.5 Å². The van der Waals surface area contributed by atoms with Crippen molar-refractivity contribution in [1.29, 1.82) is 0 Å². The van der Waals surface area contributed by atoms with Gasteiger partial charge in [0.2, 0.25) is 0 Å². The van der Waals surface area contributed by atoms with Crippen LogP contribution in [0, 0.1) is 5.41 Å². The molecule has 0 spiro atoms. The van der Waals surface area contributed by atoms with Gasteiger partial charge in [0.25, 0.3) is 5.91 Å². The lowest BCUT2D eigenvalue weighted by molar-refractivity contribution is 0.102. The van der Waals surface area contributed by atoms with E-state index >= 15 is 0 Å². The van der Waals surface area contributed by atoms with Gasteiger partial charge in [-0.1, -0.05) is 38.1 Å². The Labute approximate surface area is 230 Å². The summed E-state index contributed by atoms with van der Waals surface area (Å²) in [5.41, 5.74) is 8.83. The van der Waals surface area contributed by atoms with E-state index in [1.807, 2.05) is 38.4 Å². The van der Waals surface area contributed by atoms with Crippen LogP contribution in [0.1, 0.15) is 29.8 Å². The number of methoxy groups -OCH3 is 2. The highest BCUT2D eigenvalue weighted by atomic mass is 16.5. The third-order valence-electron chi connectivity index (χ3n) is 6.08. The van der Waals surface area contributed by atoms with Crippen molar-refractivity contribution >= 4 is 29.0 Å². The van der Waals surface area contributed by atoms with Crippen LogP contribution in [0.3, 0.4) is 0 Å². The molecule has 39 heavy (non-hydrogen) atoms. The van der Waals surface area contributed by atoms with Gasteiger partial charge in [0.1, 0.15) is 0 Å². The van der Waals surface area contributed by atoms with E-state index in [1.54, 1.807) is 61.6 Å². The van der Waals surface area contributed by atoms with Crippen molar-refractivity contribution in [3.05, 3.63) is 77.9 Å². The summed E-state index contributed by atoms with van der Waals surface area (Å²) < 4.78 is 10.7. The van der Waals surface area contributed by atoms with Gasteiger partial charge in [-0.25, -0.2) is 4.79 Å². The monoisotopic (exact) mass is 533 g/mol. The summed E-state index contributed by atoms with van der Waals surface area (Å²) in [4.78, 5) is 30.1. The van der Waals surface area contributed by atoms with Gasteiger partial charge in [0, 0.05) is 37.0 Å². The lowest BCUT2D eigenvalue weighted by Gasteiger charge is -2.35. The molecule has 0 aliphatic carbocycles. The molecule has 9 heteroatoms. The number of anilines is 3. The van der Waals surface area contributed by atoms with E-state index in [1.165, 1.54) is 0 Å². The van der Waals surface area contributed by atoms with Crippen LogP contribution in [0.5, 0.6) is 11.5 Å². The number of para-hydroxylation sites is 2. The van der Waals surface area contributed by atoms with Crippen molar-refractivity contribution in [2.45, 2.75) is 20.4 Å². The first-order valence-electron chi connectivity index (χ1n) is 12.7. The molecule has 3 aromatic carbocycles. The smallest absolute Gasteiger partial charge is 0.322 e. The highest BCUT2D eigenvalue weighted by molar-refractivity contribution is 6.05. The number of hydrogen-bond acceptors (Lipinski definition) is 6. The predicted molar refractivity (Wildman–Crippen MR) is 157 cm³/mol. The highest BCUT2D eigenvalue weighted by Crippen LogP contribution is 2.30. The second kappa shape index (κ2) is 13.0. The van der Waals surface area contributed by atoms with Gasteiger partial charge >= 0.3 is 6.03 Å². The third kappa shape index (κ3) is 8.38. The molecule has 3 amide bonds. The molecule has 0 unspecified atom stereocenters. The number of benzene rings is 3. The van der Waals surface area contributed by atoms with Crippen molar-refractivity contribution < 1.29 is 19.1 Å². The Morgan fingerprint density at radius 1 is 0.872 bits per heavy atom. The molecule has 208 valence electrons. The summed E-state index contributed by atoms with van der Waals surface area (Å²) in [6.07, 6.45) is 0. The summed E-state index contributed by atoms with van der Waals surface area (Å²) in [7, 11) is 7.15. The number of carbonyl (C=O) groups excluding carboxylic acids is 2. The van der Waals surface area contributed by atoms with Crippen LogP contribution in [0.15, 0.2) is 66.7 Å². The fraction of sp³-hybridized carbons (Fsp3) is 0.333. The molecule has 0 bridgehead atoms. The van der Waals surface area contributed by atoms with Crippen molar-refractivity contribution in [1.82, 2.24) is 9.80 Å². The maximum atomic E-state index is 13.5. The van der Waals surface area contributed by atoms with E-state index in [9.17, 15) is 9.59 Å². The fourth-order valence-electron chi connectivity index (χ4n) is 4.53. The fourth-order valence-corrected chi connectivity index (χ4v) is 4.53. The van der Waals surface area contributed by atoms with Gasteiger partial charge in [-0.15, -0.1) is 0 Å². The van der Waals surface area contributed by atoms with E-state index < -0.39 is 0 Å². The molecule has 0 fully saturated rings. The zero-order chi connectivity index (χ0) is 28.6. The zero-order valence-corrected chi connectivity index (χ0v) is 23.6. The maximum Gasteiger partial charge on any atom is 0.322 e. The normalized spacial score (nSPS) is 11.2. The molecule has 3 rings (SSSR count). The van der Waals surface area contributed by atoms with Crippen LogP contribution in [-0.2, 0) is 6.54 Å². The molecule has 0 aromatic heterocycles. The molecule has 0 saturated carbocycles. The Kier molecular flexibility index (Phi) is 9.78. The summed E-state index contributed by atoms with van der Waals surface area (Å²) in [5.74, 6) is 0.856. The van der Waals surface area contributed by atoms with Crippen LogP contribution in [0.2, 0.25) is 0 Å². The minimum atomic E-state index is -0.255. The van der Waals surface area contributed by atoms with Crippen LogP contribution < -0.4 is 25.8 Å². The average molecular weight is 534 g/mol. The second-order valence-electron chi connectivity index (χ2n) is 10.5. The van der Waals surface area contributed by atoms with E-state index in [2.05, 4.69) is 29.4 Å². The van der Waals surface area contributed by atoms with Crippen molar-refractivity contribution in [2.24, 2.45) is 5.41 Å². The minimum absolute atomic E-state index is 0.173. The maximum absolute atomic E-state index is 13.5. The Balaban J connectivity index is 1.78. The number of rotatable bonds is 11. The summed E-state index contributed by atoms with van der Waals surface area (Å²) in [5, 5.41) is 5.82. The number of amides is 3. The van der Waals surface area contributed by atoms with Crippen LogP contribution in [-0.4, -0.2) is 63.1 Å². The Morgan fingerprint density at radius 2 is 1.54 bits per heavy atom. The van der Waals surface area contributed by atoms with Crippen molar-refractivity contribution in [2.75, 3.05) is 57.8 Å². The van der Waals surface area contributed by atoms with Gasteiger partial charge in [0.05, 0.1) is 25.6 Å². The Hall–Kier alpha value is -4.24. The number of nitrogens with two attached hydrogens (primary N) is 1. The molecular formula is C30H39N5O4.